The van der Waals surface area contributed by atoms with Gasteiger partial charge in [0, 0.05) is 16.5 Å². The lowest BCUT2D eigenvalue weighted by Crippen LogP contribution is -2.16. The van der Waals surface area contributed by atoms with Crippen molar-refractivity contribution in [2.75, 3.05) is 12.8 Å². The maximum absolute atomic E-state index is 12.8. The summed E-state index contributed by atoms with van der Waals surface area (Å²) in [6.45, 7) is 7.82. The predicted octanol–water partition coefficient (Wildman–Crippen LogP) is 4.70. The summed E-state index contributed by atoms with van der Waals surface area (Å²) >= 11 is 0. The fraction of sp³-hybridized carbons (Fsp3) is 0.231. The number of carbonyl (C=O) groups excluding carboxylic acids is 1. The second-order valence-corrected chi connectivity index (χ2v) is 11.3. The molecule has 5 N–H and O–H groups in total. The second kappa shape index (κ2) is 10.8. The number of nitrogens with one attached hydrogen (secondary N) is 1. The average Bonchev–Trinajstić information content (AvgIpc) is 2.85. The molecule has 0 spiro atoms. The quantitative estimate of drug-likeness (QED) is 0.112. The molecular weight excluding hydrogens is 548 g/mol. The zero-order chi connectivity index (χ0) is 29.4. The largest absolute Gasteiger partial charge is 0.465 e. The summed E-state index contributed by atoms with van der Waals surface area (Å²) in [5.74, 6) is -1.31. The number of hydrogen-bond acceptors (Lipinski definition) is 9. The lowest BCUT2D eigenvalue weighted by atomic mass is 9.88. The summed E-state index contributed by atoms with van der Waals surface area (Å²) in [4.78, 5) is 11.0. The fourth-order valence-corrected chi connectivity index (χ4v) is 5.70. The Bertz CT molecular complexity index is 1840. The van der Waals surface area contributed by atoms with Crippen LogP contribution in [0, 0.1) is 5.41 Å². The molecule has 0 fully saturated rings. The molecule has 2 aromatic rings. The molecule has 0 aromatic heterocycles. The Kier molecular flexibility index (Phi) is 8.22. The van der Waals surface area contributed by atoms with E-state index in [0.717, 1.165) is 11.6 Å². The van der Waals surface area contributed by atoms with Gasteiger partial charge in [-0.2, -0.15) is 16.8 Å². The number of rotatable bonds is 5. The molecule has 4 rings (SSSR count). The van der Waals surface area contributed by atoms with Crippen molar-refractivity contribution in [2.45, 2.75) is 43.4 Å². The molecular formula is C26H28N2O9S2. The molecule has 2 aliphatic rings. The average molecular weight is 577 g/mol. The lowest BCUT2D eigenvalue weighted by Gasteiger charge is -2.21. The summed E-state index contributed by atoms with van der Waals surface area (Å²) < 4.78 is 79.6. The van der Waals surface area contributed by atoms with E-state index in [-0.39, 0.29) is 33.6 Å². The normalized spacial score (nSPS) is 11.9. The van der Waals surface area contributed by atoms with Gasteiger partial charge in [0.05, 0.1) is 23.7 Å². The van der Waals surface area contributed by atoms with Gasteiger partial charge in [0.15, 0.2) is 21.1 Å². The van der Waals surface area contributed by atoms with Crippen molar-refractivity contribution in [1.82, 2.24) is 0 Å². The van der Waals surface area contributed by atoms with Crippen molar-refractivity contribution >= 4 is 42.9 Å². The Hall–Kier alpha value is -3.78. The molecule has 2 aromatic carbocycles. The first-order chi connectivity index (χ1) is 18.2. The van der Waals surface area contributed by atoms with Crippen LogP contribution >= 0.6 is 0 Å². The number of nitrogens with two attached hydrogens (primary N) is 1. The van der Waals surface area contributed by atoms with Gasteiger partial charge in [-0.3, -0.25) is 14.5 Å². The molecule has 1 aliphatic heterocycles. The summed E-state index contributed by atoms with van der Waals surface area (Å²) in [7, 11) is -8.88. The number of fused-ring (bicyclic) bond motifs is 2. The molecule has 0 amide bonds. The van der Waals surface area contributed by atoms with Crippen LogP contribution in [-0.2, 0) is 25.0 Å². The molecule has 0 unspecified atom stereocenters. The highest BCUT2D eigenvalue weighted by atomic mass is 32.2. The number of hydrogen-bond donors (Lipinski definition) is 4. The molecule has 11 nitrogen and oxygen atoms in total. The second-order valence-electron chi connectivity index (χ2n) is 8.56. The molecule has 0 bridgehead atoms. The van der Waals surface area contributed by atoms with Crippen LogP contribution in [0.15, 0.2) is 56.7 Å². The Balaban J connectivity index is 0.00000205. The molecule has 13 heteroatoms. The van der Waals surface area contributed by atoms with Crippen molar-refractivity contribution in [1.29, 1.82) is 5.41 Å². The minimum Gasteiger partial charge on any atom is -0.465 e. The first kappa shape index (κ1) is 29.8. The number of ether oxygens (including phenoxy) is 1. The van der Waals surface area contributed by atoms with Crippen LogP contribution in [0.4, 0.5) is 5.69 Å². The van der Waals surface area contributed by atoms with E-state index in [1.54, 1.807) is 12.1 Å². The first-order valence-corrected chi connectivity index (χ1v) is 14.6. The maximum atomic E-state index is 12.8. The molecule has 1 heterocycles. The van der Waals surface area contributed by atoms with E-state index in [1.165, 1.54) is 31.4 Å². The van der Waals surface area contributed by atoms with E-state index in [4.69, 9.17) is 20.3 Å². The van der Waals surface area contributed by atoms with Crippen molar-refractivity contribution in [3.05, 3.63) is 58.9 Å². The Labute approximate surface area is 225 Å². The molecule has 0 saturated carbocycles. The Morgan fingerprint density at radius 1 is 0.949 bits per heavy atom. The minimum atomic E-state index is -5.05. The molecule has 0 radical (unpaired) electrons. The van der Waals surface area contributed by atoms with Gasteiger partial charge >= 0.3 is 5.97 Å². The van der Waals surface area contributed by atoms with Crippen LogP contribution in [0.25, 0.3) is 33.4 Å². The number of benzene rings is 3. The van der Waals surface area contributed by atoms with Crippen molar-refractivity contribution in [3.63, 3.8) is 0 Å². The third-order valence-corrected chi connectivity index (χ3v) is 7.76. The Morgan fingerprint density at radius 3 is 2.10 bits per heavy atom. The standard InChI is InChI=1S/C24H22N2O9S2.C2H6/c1-11(2)12-4-5-13(24(27)34-3)16(10-12)19-14-6-8-17(25)22(36(28,29)30)20(14)35-21-15(19)7-9-18(26)23(21)37(31,32)33;1-2/h4-11,25H,26H2,1-3H3,(H,28,29,30)(H,31,32,33);1-2H3. The number of anilines is 1. The van der Waals surface area contributed by atoms with E-state index in [0.29, 0.717) is 0 Å². The molecule has 0 saturated heterocycles. The monoisotopic (exact) mass is 576 g/mol. The summed E-state index contributed by atoms with van der Waals surface area (Å²) in [5, 5.41) is 7.50. The van der Waals surface area contributed by atoms with Gasteiger partial charge in [-0.15, -0.1) is 0 Å². The van der Waals surface area contributed by atoms with Gasteiger partial charge in [0.25, 0.3) is 20.2 Å². The topological polar surface area (TPSA) is 198 Å². The number of esters is 1. The molecule has 208 valence electrons. The maximum Gasteiger partial charge on any atom is 0.338 e. The van der Waals surface area contributed by atoms with Gasteiger partial charge in [-0.25, -0.2) is 4.79 Å². The highest BCUT2D eigenvalue weighted by Gasteiger charge is 2.32. The van der Waals surface area contributed by atoms with E-state index < -0.39 is 58.4 Å². The van der Waals surface area contributed by atoms with Crippen molar-refractivity contribution in [3.8, 4) is 22.5 Å². The highest BCUT2D eigenvalue weighted by Crippen LogP contribution is 2.46. The fourth-order valence-electron chi connectivity index (χ4n) is 4.21. The van der Waals surface area contributed by atoms with E-state index in [1.807, 2.05) is 27.7 Å². The van der Waals surface area contributed by atoms with Gasteiger partial charge < -0.3 is 14.9 Å². The number of nitrogen functional groups attached to an aromatic ring is 1. The van der Waals surface area contributed by atoms with Gasteiger partial charge in [0.1, 0.15) is 0 Å². The Morgan fingerprint density at radius 2 is 1.56 bits per heavy atom. The zero-order valence-electron chi connectivity index (χ0n) is 21.8. The number of carbonyl (C=O) groups is 1. The van der Waals surface area contributed by atoms with Crippen molar-refractivity contribution in [2.24, 2.45) is 0 Å². The van der Waals surface area contributed by atoms with Crippen molar-refractivity contribution < 1.29 is 39.9 Å². The lowest BCUT2D eigenvalue weighted by molar-refractivity contribution is 0.0601. The SMILES string of the molecule is CC.COC(=O)c1ccc(C(C)C)cc1-c1c2ccc(=N)c(S(=O)(=O)O)c-2oc2c(S(=O)(=O)O)c(N)ccc12. The third kappa shape index (κ3) is 5.39. The van der Waals surface area contributed by atoms with E-state index in [2.05, 4.69) is 0 Å². The smallest absolute Gasteiger partial charge is 0.338 e. The van der Waals surface area contributed by atoms with Gasteiger partial charge in [-0.05, 0) is 53.4 Å². The molecule has 1 aliphatic carbocycles. The highest BCUT2D eigenvalue weighted by molar-refractivity contribution is 7.86. The van der Waals surface area contributed by atoms with E-state index >= 15 is 0 Å². The van der Waals surface area contributed by atoms with Crippen LogP contribution in [-0.4, -0.2) is 39.0 Å². The van der Waals surface area contributed by atoms with E-state index in [9.17, 15) is 30.7 Å². The molecule has 0 atom stereocenters. The summed E-state index contributed by atoms with van der Waals surface area (Å²) in [6, 6.07) is 9.95. The summed E-state index contributed by atoms with van der Waals surface area (Å²) in [6.07, 6.45) is 0. The zero-order valence-corrected chi connectivity index (χ0v) is 23.4. The van der Waals surface area contributed by atoms with Gasteiger partial charge in [-0.1, -0.05) is 33.8 Å². The van der Waals surface area contributed by atoms with Crippen LogP contribution in [0.1, 0.15) is 49.5 Å². The van der Waals surface area contributed by atoms with Crippen LogP contribution in [0.5, 0.6) is 0 Å². The molecule has 39 heavy (non-hydrogen) atoms. The first-order valence-electron chi connectivity index (χ1n) is 11.7. The predicted molar refractivity (Wildman–Crippen MR) is 145 cm³/mol. The summed E-state index contributed by atoms with van der Waals surface area (Å²) in [5.41, 5.74) is 6.15. The van der Waals surface area contributed by atoms with Crippen LogP contribution < -0.4 is 11.1 Å². The van der Waals surface area contributed by atoms with Crippen LogP contribution in [0.3, 0.4) is 0 Å². The minimum absolute atomic E-state index is 0.00590. The third-order valence-electron chi connectivity index (χ3n) is 5.90. The van der Waals surface area contributed by atoms with Crippen LogP contribution in [0.2, 0.25) is 0 Å². The van der Waals surface area contributed by atoms with Gasteiger partial charge in [0.2, 0.25) is 0 Å². The number of methoxy groups -OCH3 is 1.